The minimum atomic E-state index is -1.78. The molecule has 0 radical (unpaired) electrons. The van der Waals surface area contributed by atoms with Crippen LogP contribution in [0.25, 0.3) is 0 Å². The monoisotopic (exact) mass is 393 g/mol. The molecule has 1 saturated heterocycles. The molecule has 3 rings (SSSR count). The standard InChI is InChI=1S/C22H23N3O4/c1-29-24-18-14-22(21(23)28,19(26)12-16-8-4-2-5-9-16)25(15-18)20(27)13-17-10-6-3-7-11-17/h2-11H,12-15H2,1H3,(H2,23,28)/b24-18+. The van der Waals surface area contributed by atoms with E-state index in [1.807, 2.05) is 48.5 Å². The topological polar surface area (TPSA) is 102 Å². The Hall–Kier alpha value is -3.48. The predicted molar refractivity (Wildman–Crippen MR) is 108 cm³/mol. The fourth-order valence-corrected chi connectivity index (χ4v) is 3.66. The molecule has 0 spiro atoms. The molecule has 7 heteroatoms. The fraction of sp³-hybridized carbons (Fsp3) is 0.273. The summed E-state index contributed by atoms with van der Waals surface area (Å²) in [4.78, 5) is 45.1. The van der Waals surface area contributed by atoms with Gasteiger partial charge in [0.25, 0.3) is 5.91 Å². The second-order valence-corrected chi connectivity index (χ2v) is 6.97. The fourth-order valence-electron chi connectivity index (χ4n) is 3.66. The van der Waals surface area contributed by atoms with E-state index in [9.17, 15) is 14.4 Å². The summed E-state index contributed by atoms with van der Waals surface area (Å²) in [6, 6.07) is 18.2. The van der Waals surface area contributed by atoms with E-state index in [0.29, 0.717) is 5.71 Å². The predicted octanol–water partition coefficient (Wildman–Crippen LogP) is 1.50. The van der Waals surface area contributed by atoms with Gasteiger partial charge in [-0.1, -0.05) is 65.8 Å². The lowest BCUT2D eigenvalue weighted by Gasteiger charge is -2.34. The molecule has 29 heavy (non-hydrogen) atoms. The molecule has 150 valence electrons. The minimum absolute atomic E-state index is 0.0147. The summed E-state index contributed by atoms with van der Waals surface area (Å²) in [7, 11) is 1.37. The molecule has 1 atom stereocenters. The molecule has 7 nitrogen and oxygen atoms in total. The number of primary amides is 1. The maximum absolute atomic E-state index is 13.3. The molecule has 0 bridgehead atoms. The number of hydrogen-bond donors (Lipinski definition) is 1. The number of oxime groups is 1. The zero-order valence-electron chi connectivity index (χ0n) is 16.2. The van der Waals surface area contributed by atoms with Crippen molar-refractivity contribution in [3.05, 3.63) is 71.8 Å². The van der Waals surface area contributed by atoms with Crippen molar-refractivity contribution in [1.82, 2.24) is 4.90 Å². The van der Waals surface area contributed by atoms with E-state index < -0.39 is 17.2 Å². The normalized spacial score (nSPS) is 19.9. The van der Waals surface area contributed by atoms with Crippen LogP contribution in [0.3, 0.4) is 0 Å². The van der Waals surface area contributed by atoms with E-state index in [4.69, 9.17) is 10.6 Å². The molecule has 1 aliphatic heterocycles. The van der Waals surface area contributed by atoms with Crippen LogP contribution in [0, 0.1) is 0 Å². The molecule has 2 N–H and O–H groups in total. The smallest absolute Gasteiger partial charge is 0.251 e. The van der Waals surface area contributed by atoms with Crippen LogP contribution >= 0.6 is 0 Å². The highest BCUT2D eigenvalue weighted by Gasteiger charge is 2.56. The number of rotatable bonds is 7. The van der Waals surface area contributed by atoms with Gasteiger partial charge in [0.1, 0.15) is 7.11 Å². The SMILES string of the molecule is CO/N=C1/CN(C(=O)Cc2ccccc2)C(C(N)=O)(C(=O)Cc2ccccc2)C1. The van der Waals surface area contributed by atoms with Crippen LogP contribution in [0.5, 0.6) is 0 Å². The first kappa shape index (κ1) is 20.3. The van der Waals surface area contributed by atoms with Gasteiger partial charge in [-0.3, -0.25) is 14.4 Å². The Morgan fingerprint density at radius 2 is 1.55 bits per heavy atom. The van der Waals surface area contributed by atoms with Crippen LogP contribution in [0.15, 0.2) is 65.8 Å². The first-order chi connectivity index (χ1) is 14.0. The van der Waals surface area contributed by atoms with Crippen molar-refractivity contribution in [2.45, 2.75) is 24.8 Å². The summed E-state index contributed by atoms with van der Waals surface area (Å²) in [5, 5.41) is 3.89. The first-order valence-electron chi connectivity index (χ1n) is 9.28. The number of carbonyl (C=O) groups is 3. The maximum Gasteiger partial charge on any atom is 0.251 e. The first-order valence-corrected chi connectivity index (χ1v) is 9.28. The zero-order valence-corrected chi connectivity index (χ0v) is 16.2. The van der Waals surface area contributed by atoms with Crippen molar-refractivity contribution in [3.63, 3.8) is 0 Å². The van der Waals surface area contributed by atoms with E-state index in [1.165, 1.54) is 12.0 Å². The molecule has 1 heterocycles. The average molecular weight is 393 g/mol. The van der Waals surface area contributed by atoms with Crippen LogP contribution in [-0.2, 0) is 32.1 Å². The van der Waals surface area contributed by atoms with Crippen LogP contribution in [0.4, 0.5) is 0 Å². The van der Waals surface area contributed by atoms with Crippen LogP contribution in [0.2, 0.25) is 0 Å². The van der Waals surface area contributed by atoms with E-state index in [0.717, 1.165) is 11.1 Å². The van der Waals surface area contributed by atoms with Gasteiger partial charge in [-0.15, -0.1) is 0 Å². The largest absolute Gasteiger partial charge is 0.399 e. The number of nitrogens with two attached hydrogens (primary N) is 1. The summed E-state index contributed by atoms with van der Waals surface area (Å²) < 4.78 is 0. The summed E-state index contributed by atoms with van der Waals surface area (Å²) in [5.41, 5.74) is 5.89. The van der Waals surface area contributed by atoms with E-state index in [-0.39, 0.29) is 31.7 Å². The number of hydrogen-bond acceptors (Lipinski definition) is 5. The molecule has 0 aliphatic carbocycles. The van der Waals surface area contributed by atoms with Crippen molar-refractivity contribution in [2.24, 2.45) is 10.9 Å². The third-order valence-electron chi connectivity index (χ3n) is 5.06. The molecule has 1 aliphatic rings. The van der Waals surface area contributed by atoms with Crippen LogP contribution < -0.4 is 5.73 Å². The van der Waals surface area contributed by atoms with Gasteiger partial charge in [0.15, 0.2) is 11.3 Å². The van der Waals surface area contributed by atoms with Gasteiger partial charge in [0.05, 0.1) is 18.7 Å². The van der Waals surface area contributed by atoms with Gasteiger partial charge in [0, 0.05) is 12.8 Å². The molecule has 1 fully saturated rings. The van der Waals surface area contributed by atoms with Crippen molar-refractivity contribution in [3.8, 4) is 0 Å². The highest BCUT2D eigenvalue weighted by atomic mass is 16.6. The number of likely N-dealkylation sites (tertiary alicyclic amines) is 1. The lowest BCUT2D eigenvalue weighted by atomic mass is 9.85. The van der Waals surface area contributed by atoms with Gasteiger partial charge in [-0.25, -0.2) is 0 Å². The summed E-state index contributed by atoms with van der Waals surface area (Å²) >= 11 is 0. The quantitative estimate of drug-likeness (QED) is 0.569. The minimum Gasteiger partial charge on any atom is -0.399 e. The van der Waals surface area contributed by atoms with Gasteiger partial charge in [-0.2, -0.15) is 0 Å². The van der Waals surface area contributed by atoms with Gasteiger partial charge in [-0.05, 0) is 11.1 Å². The number of nitrogens with zero attached hydrogens (tertiary/aromatic N) is 2. The Kier molecular flexibility index (Phi) is 6.07. The lowest BCUT2D eigenvalue weighted by molar-refractivity contribution is -0.150. The van der Waals surface area contributed by atoms with Crippen LogP contribution in [-0.4, -0.2) is 47.4 Å². The second kappa shape index (κ2) is 8.68. The molecule has 1 unspecified atom stereocenters. The van der Waals surface area contributed by atoms with Crippen LogP contribution in [0.1, 0.15) is 17.5 Å². The van der Waals surface area contributed by atoms with Crippen molar-refractivity contribution >= 4 is 23.3 Å². The Bertz CT molecular complexity index is 928. The Morgan fingerprint density at radius 3 is 2.07 bits per heavy atom. The number of benzene rings is 2. The van der Waals surface area contributed by atoms with E-state index in [1.54, 1.807) is 12.1 Å². The molecular weight excluding hydrogens is 370 g/mol. The van der Waals surface area contributed by atoms with Gasteiger partial charge >= 0.3 is 0 Å². The van der Waals surface area contributed by atoms with Crippen molar-refractivity contribution in [1.29, 1.82) is 0 Å². The van der Waals surface area contributed by atoms with E-state index >= 15 is 0 Å². The highest BCUT2D eigenvalue weighted by Crippen LogP contribution is 2.31. The molecular formula is C22H23N3O4. The highest BCUT2D eigenvalue weighted by molar-refractivity contribution is 6.19. The van der Waals surface area contributed by atoms with Gasteiger partial charge < -0.3 is 15.5 Å². The molecule has 2 aromatic carbocycles. The Labute approximate surface area is 169 Å². The van der Waals surface area contributed by atoms with Crippen molar-refractivity contribution < 1.29 is 19.2 Å². The molecule has 2 amide bonds. The average Bonchev–Trinajstić information content (AvgIpc) is 3.11. The zero-order chi connectivity index (χ0) is 20.9. The summed E-state index contributed by atoms with van der Waals surface area (Å²) in [5.74, 6) is -1.65. The van der Waals surface area contributed by atoms with Crippen molar-refractivity contribution in [2.75, 3.05) is 13.7 Å². The number of carbonyl (C=O) groups excluding carboxylic acids is 3. The lowest BCUT2D eigenvalue weighted by Crippen LogP contribution is -2.61. The Morgan fingerprint density at radius 1 is 1.00 bits per heavy atom. The maximum atomic E-state index is 13.3. The third kappa shape index (κ3) is 4.18. The second-order valence-electron chi connectivity index (χ2n) is 6.97. The number of Topliss-reactive ketones (excluding diaryl/α,β-unsaturated/α-hetero) is 1. The Balaban J connectivity index is 1.96. The van der Waals surface area contributed by atoms with Gasteiger partial charge in [0.2, 0.25) is 5.91 Å². The van der Waals surface area contributed by atoms with E-state index in [2.05, 4.69) is 5.16 Å². The third-order valence-corrected chi connectivity index (χ3v) is 5.06. The molecule has 2 aromatic rings. The number of amides is 2. The number of ketones is 1. The molecule has 0 saturated carbocycles. The molecule has 0 aromatic heterocycles. The summed E-state index contributed by atoms with van der Waals surface area (Å²) in [6.07, 6.45) is -0.0315. The summed E-state index contributed by atoms with van der Waals surface area (Å²) in [6.45, 7) is 0.0168.